The molecule has 8 heteroatoms. The summed E-state index contributed by atoms with van der Waals surface area (Å²) in [7, 11) is 0. The Balaban J connectivity index is 1.84. The summed E-state index contributed by atoms with van der Waals surface area (Å²) in [5.74, 6) is -0.843. The Morgan fingerprint density at radius 3 is 2.61 bits per heavy atom. The Kier molecular flexibility index (Phi) is 5.10. The fourth-order valence-electron chi connectivity index (χ4n) is 3.67. The number of halogens is 5. The summed E-state index contributed by atoms with van der Waals surface area (Å²) in [5, 5.41) is 1.56. The van der Waals surface area contributed by atoms with Crippen LogP contribution in [0, 0.1) is 5.92 Å². The van der Waals surface area contributed by atoms with Crippen LogP contribution in [0.25, 0.3) is 22.0 Å². The second-order valence-corrected chi connectivity index (χ2v) is 7.67. The van der Waals surface area contributed by atoms with Crippen molar-refractivity contribution in [1.29, 1.82) is 0 Å². The maximum Gasteiger partial charge on any atom is 0.393 e. The number of fused-ring (bicyclic) bond motifs is 1. The van der Waals surface area contributed by atoms with Crippen LogP contribution in [0.3, 0.4) is 0 Å². The highest BCUT2D eigenvalue weighted by Gasteiger charge is 2.42. The standard InChI is InChI=1S/C20H16Cl2F3N3/c21-15-7-6-12(9-16(15)22)14-4-1-5-17-18(14)19(27-11-26-17)28-8-2-3-13(10-28)20(23,24)25/h1,4-7,9,11,13H,2-3,8,10H2. The van der Waals surface area contributed by atoms with E-state index < -0.39 is 12.1 Å². The molecule has 1 aliphatic rings. The van der Waals surface area contributed by atoms with Crippen molar-refractivity contribution >= 4 is 39.9 Å². The molecule has 2 heterocycles. The van der Waals surface area contributed by atoms with Crippen LogP contribution < -0.4 is 4.90 Å². The third-order valence-electron chi connectivity index (χ3n) is 5.06. The molecule has 1 unspecified atom stereocenters. The molecule has 1 aliphatic heterocycles. The molecule has 0 N–H and O–H groups in total. The molecule has 4 rings (SSSR count). The Morgan fingerprint density at radius 1 is 1.04 bits per heavy atom. The largest absolute Gasteiger partial charge is 0.393 e. The molecule has 2 aromatic carbocycles. The van der Waals surface area contributed by atoms with E-state index in [4.69, 9.17) is 23.2 Å². The van der Waals surface area contributed by atoms with Gasteiger partial charge in [0.1, 0.15) is 12.1 Å². The predicted molar refractivity (Wildman–Crippen MR) is 106 cm³/mol. The molecule has 146 valence electrons. The van der Waals surface area contributed by atoms with E-state index in [1.807, 2.05) is 24.3 Å². The van der Waals surface area contributed by atoms with Gasteiger partial charge in [-0.3, -0.25) is 0 Å². The number of hydrogen-bond donors (Lipinski definition) is 0. The zero-order chi connectivity index (χ0) is 19.9. The number of rotatable bonds is 2. The first-order chi connectivity index (χ1) is 13.3. The molecule has 0 aliphatic carbocycles. The average Bonchev–Trinajstić information content (AvgIpc) is 2.68. The van der Waals surface area contributed by atoms with Crippen LogP contribution in [0.4, 0.5) is 19.0 Å². The molecule has 1 saturated heterocycles. The molecule has 1 fully saturated rings. The molecular weight excluding hydrogens is 410 g/mol. The summed E-state index contributed by atoms with van der Waals surface area (Å²) in [5.41, 5.74) is 2.28. The van der Waals surface area contributed by atoms with E-state index in [1.54, 1.807) is 17.0 Å². The first-order valence-electron chi connectivity index (χ1n) is 8.85. The quantitative estimate of drug-likeness (QED) is 0.476. The lowest BCUT2D eigenvalue weighted by molar-refractivity contribution is -0.176. The van der Waals surface area contributed by atoms with Gasteiger partial charge in [0.05, 0.1) is 26.9 Å². The fraction of sp³-hybridized carbons (Fsp3) is 0.300. The Hall–Kier alpha value is -2.05. The van der Waals surface area contributed by atoms with E-state index >= 15 is 0 Å². The molecule has 0 radical (unpaired) electrons. The van der Waals surface area contributed by atoms with Gasteiger partial charge in [0, 0.05) is 13.1 Å². The number of piperidine rings is 1. The van der Waals surface area contributed by atoms with Crippen LogP contribution in [0.15, 0.2) is 42.7 Å². The first-order valence-corrected chi connectivity index (χ1v) is 9.61. The van der Waals surface area contributed by atoms with Crippen molar-refractivity contribution in [3.8, 4) is 11.1 Å². The van der Waals surface area contributed by atoms with Crippen LogP contribution in [0.1, 0.15) is 12.8 Å². The normalized spacial score (nSPS) is 17.9. The van der Waals surface area contributed by atoms with E-state index in [-0.39, 0.29) is 13.0 Å². The highest BCUT2D eigenvalue weighted by molar-refractivity contribution is 6.42. The molecule has 1 aromatic heterocycles. The van der Waals surface area contributed by atoms with E-state index in [9.17, 15) is 13.2 Å². The van der Waals surface area contributed by atoms with Crippen molar-refractivity contribution in [2.45, 2.75) is 19.0 Å². The molecule has 0 spiro atoms. The minimum atomic E-state index is -4.21. The molecule has 3 nitrogen and oxygen atoms in total. The van der Waals surface area contributed by atoms with Crippen LogP contribution in [0.5, 0.6) is 0 Å². The SMILES string of the molecule is FC(F)(F)C1CCCN(c2ncnc3cccc(-c4ccc(Cl)c(Cl)c4)c23)C1. The highest BCUT2D eigenvalue weighted by atomic mass is 35.5. The minimum Gasteiger partial charge on any atom is -0.355 e. The topological polar surface area (TPSA) is 29.0 Å². The maximum atomic E-state index is 13.3. The van der Waals surface area contributed by atoms with Gasteiger partial charge in [-0.15, -0.1) is 0 Å². The number of benzene rings is 2. The van der Waals surface area contributed by atoms with Crippen molar-refractivity contribution < 1.29 is 13.2 Å². The van der Waals surface area contributed by atoms with Gasteiger partial charge < -0.3 is 4.90 Å². The van der Waals surface area contributed by atoms with Gasteiger partial charge in [-0.1, -0.05) is 41.4 Å². The Morgan fingerprint density at radius 2 is 1.86 bits per heavy atom. The lowest BCUT2D eigenvalue weighted by Gasteiger charge is -2.35. The van der Waals surface area contributed by atoms with Crippen molar-refractivity contribution in [1.82, 2.24) is 9.97 Å². The fourth-order valence-corrected chi connectivity index (χ4v) is 3.97. The predicted octanol–water partition coefficient (Wildman–Crippen LogP) is 6.38. The van der Waals surface area contributed by atoms with Gasteiger partial charge in [0.2, 0.25) is 0 Å². The summed E-state index contributed by atoms with van der Waals surface area (Å²) in [6.07, 6.45) is -2.21. The second-order valence-electron chi connectivity index (χ2n) is 6.85. The van der Waals surface area contributed by atoms with Gasteiger partial charge in [0.15, 0.2) is 0 Å². The molecule has 0 saturated carbocycles. The second kappa shape index (κ2) is 7.41. The number of alkyl halides is 3. The molecule has 0 bridgehead atoms. The van der Waals surface area contributed by atoms with Gasteiger partial charge in [-0.25, -0.2) is 9.97 Å². The Bertz CT molecular complexity index is 1020. The third kappa shape index (κ3) is 3.63. The third-order valence-corrected chi connectivity index (χ3v) is 5.80. The number of anilines is 1. The summed E-state index contributed by atoms with van der Waals surface area (Å²) in [4.78, 5) is 10.4. The number of hydrogen-bond acceptors (Lipinski definition) is 3. The molecule has 0 amide bonds. The zero-order valence-electron chi connectivity index (χ0n) is 14.7. The van der Waals surface area contributed by atoms with Crippen molar-refractivity contribution in [2.24, 2.45) is 5.92 Å². The summed E-state index contributed by atoms with van der Waals surface area (Å²) < 4.78 is 39.9. The van der Waals surface area contributed by atoms with Gasteiger partial charge in [-0.2, -0.15) is 13.2 Å². The van der Waals surface area contributed by atoms with Crippen LogP contribution in [-0.4, -0.2) is 29.2 Å². The monoisotopic (exact) mass is 425 g/mol. The minimum absolute atomic E-state index is 0.106. The van der Waals surface area contributed by atoms with Gasteiger partial charge >= 0.3 is 6.18 Å². The van der Waals surface area contributed by atoms with Crippen LogP contribution >= 0.6 is 23.2 Å². The van der Waals surface area contributed by atoms with Crippen molar-refractivity contribution in [3.05, 3.63) is 52.8 Å². The lowest BCUT2D eigenvalue weighted by Crippen LogP contribution is -2.42. The Labute approximate surface area is 170 Å². The number of aromatic nitrogens is 2. The highest BCUT2D eigenvalue weighted by Crippen LogP contribution is 2.39. The van der Waals surface area contributed by atoms with E-state index in [0.717, 1.165) is 11.1 Å². The summed E-state index contributed by atoms with van der Waals surface area (Å²) >= 11 is 12.2. The van der Waals surface area contributed by atoms with Crippen LogP contribution in [0.2, 0.25) is 10.0 Å². The van der Waals surface area contributed by atoms with Crippen molar-refractivity contribution in [3.63, 3.8) is 0 Å². The smallest absolute Gasteiger partial charge is 0.355 e. The van der Waals surface area contributed by atoms with E-state index in [2.05, 4.69) is 9.97 Å². The van der Waals surface area contributed by atoms with E-state index in [1.165, 1.54) is 6.33 Å². The zero-order valence-corrected chi connectivity index (χ0v) is 16.2. The van der Waals surface area contributed by atoms with E-state index in [0.29, 0.717) is 39.7 Å². The molecular formula is C20H16Cl2F3N3. The summed E-state index contributed by atoms with van der Waals surface area (Å²) in [6, 6.07) is 10.8. The van der Waals surface area contributed by atoms with Gasteiger partial charge in [0.25, 0.3) is 0 Å². The average molecular weight is 426 g/mol. The first kappa shape index (κ1) is 19.3. The molecule has 3 aromatic rings. The molecule has 1 atom stereocenters. The van der Waals surface area contributed by atoms with Crippen LogP contribution in [-0.2, 0) is 0 Å². The number of nitrogens with zero attached hydrogens (tertiary/aromatic N) is 3. The molecule has 28 heavy (non-hydrogen) atoms. The van der Waals surface area contributed by atoms with Gasteiger partial charge in [-0.05, 0) is 42.2 Å². The summed E-state index contributed by atoms with van der Waals surface area (Å²) in [6.45, 7) is 0.416. The maximum absolute atomic E-state index is 13.3. The lowest BCUT2D eigenvalue weighted by atomic mass is 9.96. The van der Waals surface area contributed by atoms with Crippen molar-refractivity contribution in [2.75, 3.05) is 18.0 Å².